The van der Waals surface area contributed by atoms with Crippen molar-refractivity contribution in [2.75, 3.05) is 26.7 Å². The van der Waals surface area contributed by atoms with Gasteiger partial charge in [0.25, 0.3) is 0 Å². The highest BCUT2D eigenvalue weighted by molar-refractivity contribution is 14.0. The van der Waals surface area contributed by atoms with Gasteiger partial charge in [-0.25, -0.2) is 0 Å². The van der Waals surface area contributed by atoms with Gasteiger partial charge in [-0.2, -0.15) is 0 Å². The SMILES string of the molecule is C=CCN(CC=C)C(CNC(=NC)NCc1ccccn1)C(C)C.I. The van der Waals surface area contributed by atoms with Crippen LogP contribution in [0.25, 0.3) is 0 Å². The van der Waals surface area contributed by atoms with Gasteiger partial charge < -0.3 is 10.6 Å². The van der Waals surface area contributed by atoms with E-state index >= 15 is 0 Å². The zero-order valence-electron chi connectivity index (χ0n) is 15.6. The standard InChI is InChI=1S/C19H31N5.HI/c1-6-12-24(13-7-2)18(16(3)4)15-23-19(20-5)22-14-17-10-8-9-11-21-17;/h6-11,16,18H,1-2,12-15H2,3-5H3,(H2,20,22,23);1H. The van der Waals surface area contributed by atoms with Gasteiger partial charge in [-0.1, -0.05) is 32.1 Å². The van der Waals surface area contributed by atoms with Crippen LogP contribution < -0.4 is 10.6 Å². The summed E-state index contributed by atoms with van der Waals surface area (Å²) < 4.78 is 0. The van der Waals surface area contributed by atoms with E-state index in [-0.39, 0.29) is 24.0 Å². The van der Waals surface area contributed by atoms with Crippen molar-refractivity contribution in [3.05, 3.63) is 55.4 Å². The summed E-state index contributed by atoms with van der Waals surface area (Å²) in [6, 6.07) is 6.26. The van der Waals surface area contributed by atoms with Crippen molar-refractivity contribution < 1.29 is 0 Å². The molecule has 0 spiro atoms. The maximum absolute atomic E-state index is 4.31. The van der Waals surface area contributed by atoms with Gasteiger partial charge in [0.05, 0.1) is 12.2 Å². The first kappa shape index (κ1) is 23.6. The van der Waals surface area contributed by atoms with E-state index in [2.05, 4.69) is 52.5 Å². The van der Waals surface area contributed by atoms with Crippen LogP contribution in [0.3, 0.4) is 0 Å². The molecule has 0 aliphatic heterocycles. The van der Waals surface area contributed by atoms with Crippen molar-refractivity contribution in [3.63, 3.8) is 0 Å². The maximum atomic E-state index is 4.31. The fourth-order valence-electron chi connectivity index (χ4n) is 2.56. The van der Waals surface area contributed by atoms with Crippen LogP contribution in [0.2, 0.25) is 0 Å². The van der Waals surface area contributed by atoms with Crippen molar-refractivity contribution in [1.29, 1.82) is 0 Å². The lowest BCUT2D eigenvalue weighted by Gasteiger charge is -2.33. The Labute approximate surface area is 169 Å². The molecule has 2 N–H and O–H groups in total. The van der Waals surface area contributed by atoms with Crippen LogP contribution in [-0.4, -0.2) is 48.6 Å². The Morgan fingerprint density at radius 1 is 1.24 bits per heavy atom. The average Bonchev–Trinajstić information content (AvgIpc) is 2.58. The monoisotopic (exact) mass is 457 g/mol. The molecule has 0 amide bonds. The lowest BCUT2D eigenvalue weighted by molar-refractivity contribution is 0.190. The van der Waals surface area contributed by atoms with Gasteiger partial charge in [0.15, 0.2) is 5.96 Å². The molecule has 0 aromatic carbocycles. The minimum Gasteiger partial charge on any atom is -0.355 e. The Kier molecular flexibility index (Phi) is 13.1. The molecule has 1 unspecified atom stereocenters. The zero-order valence-corrected chi connectivity index (χ0v) is 17.9. The maximum Gasteiger partial charge on any atom is 0.191 e. The van der Waals surface area contributed by atoms with E-state index in [4.69, 9.17) is 0 Å². The number of hydrogen-bond acceptors (Lipinski definition) is 3. The molecule has 0 aliphatic carbocycles. The highest BCUT2D eigenvalue weighted by atomic mass is 127. The number of nitrogens with zero attached hydrogens (tertiary/aromatic N) is 3. The van der Waals surface area contributed by atoms with Crippen molar-refractivity contribution in [2.24, 2.45) is 10.9 Å². The van der Waals surface area contributed by atoms with E-state index in [1.807, 2.05) is 30.4 Å². The second kappa shape index (κ2) is 13.8. The van der Waals surface area contributed by atoms with Crippen LogP contribution in [0.5, 0.6) is 0 Å². The Hall–Kier alpha value is -1.41. The van der Waals surface area contributed by atoms with Crippen LogP contribution in [0.1, 0.15) is 19.5 Å². The van der Waals surface area contributed by atoms with Crippen molar-refractivity contribution in [3.8, 4) is 0 Å². The molecule has 25 heavy (non-hydrogen) atoms. The number of nitrogens with one attached hydrogen (secondary N) is 2. The van der Waals surface area contributed by atoms with Gasteiger partial charge in [0.2, 0.25) is 0 Å². The molecule has 140 valence electrons. The number of aromatic nitrogens is 1. The topological polar surface area (TPSA) is 52.5 Å². The number of aliphatic imine (C=N–C) groups is 1. The summed E-state index contributed by atoms with van der Waals surface area (Å²) in [5, 5.41) is 6.72. The van der Waals surface area contributed by atoms with Gasteiger partial charge in [-0.05, 0) is 18.1 Å². The Balaban J connectivity index is 0.00000576. The van der Waals surface area contributed by atoms with Gasteiger partial charge in [-0.15, -0.1) is 37.1 Å². The molecular formula is C19H32IN5. The van der Waals surface area contributed by atoms with E-state index in [1.54, 1.807) is 13.2 Å². The zero-order chi connectivity index (χ0) is 17.8. The summed E-state index contributed by atoms with van der Waals surface area (Å²) in [6.07, 6.45) is 5.67. The second-order valence-electron chi connectivity index (χ2n) is 5.97. The molecule has 1 rings (SSSR count). The van der Waals surface area contributed by atoms with E-state index in [9.17, 15) is 0 Å². The van der Waals surface area contributed by atoms with E-state index in [0.29, 0.717) is 18.5 Å². The summed E-state index contributed by atoms with van der Waals surface area (Å²) in [5.74, 6) is 1.29. The molecule has 1 aromatic heterocycles. The normalized spacial score (nSPS) is 12.4. The summed E-state index contributed by atoms with van der Waals surface area (Å²) in [4.78, 5) is 11.0. The molecular weight excluding hydrogens is 425 g/mol. The van der Waals surface area contributed by atoms with Crippen molar-refractivity contribution in [1.82, 2.24) is 20.5 Å². The molecule has 1 heterocycles. The van der Waals surface area contributed by atoms with E-state index in [1.165, 1.54) is 0 Å². The Morgan fingerprint density at radius 3 is 2.40 bits per heavy atom. The third-order valence-corrected chi connectivity index (χ3v) is 3.83. The van der Waals surface area contributed by atoms with Crippen LogP contribution >= 0.6 is 24.0 Å². The molecule has 0 saturated heterocycles. The third kappa shape index (κ3) is 9.02. The lowest BCUT2D eigenvalue weighted by Crippen LogP contribution is -2.49. The largest absolute Gasteiger partial charge is 0.355 e. The summed E-state index contributed by atoms with van der Waals surface area (Å²) >= 11 is 0. The number of halogens is 1. The van der Waals surface area contributed by atoms with E-state index in [0.717, 1.165) is 31.3 Å². The number of guanidine groups is 1. The highest BCUT2D eigenvalue weighted by Gasteiger charge is 2.20. The van der Waals surface area contributed by atoms with Gasteiger partial charge in [0.1, 0.15) is 0 Å². The molecule has 0 aliphatic rings. The summed E-state index contributed by atoms with van der Waals surface area (Å²) in [5.41, 5.74) is 0.987. The molecule has 0 fully saturated rings. The first-order valence-corrected chi connectivity index (χ1v) is 8.42. The van der Waals surface area contributed by atoms with Gasteiger partial charge in [-0.3, -0.25) is 14.9 Å². The van der Waals surface area contributed by atoms with E-state index < -0.39 is 0 Å². The summed E-state index contributed by atoms with van der Waals surface area (Å²) in [6.45, 7) is 15.3. The lowest BCUT2D eigenvalue weighted by atomic mass is 10.0. The molecule has 0 saturated carbocycles. The highest BCUT2D eigenvalue weighted by Crippen LogP contribution is 2.10. The van der Waals surface area contributed by atoms with Gasteiger partial charge in [0, 0.05) is 38.9 Å². The molecule has 1 aromatic rings. The summed E-state index contributed by atoms with van der Waals surface area (Å²) in [7, 11) is 1.78. The van der Waals surface area contributed by atoms with Crippen LogP contribution in [-0.2, 0) is 6.54 Å². The van der Waals surface area contributed by atoms with Crippen LogP contribution in [0.4, 0.5) is 0 Å². The van der Waals surface area contributed by atoms with Gasteiger partial charge >= 0.3 is 0 Å². The smallest absolute Gasteiger partial charge is 0.191 e. The predicted molar refractivity (Wildman–Crippen MR) is 118 cm³/mol. The average molecular weight is 457 g/mol. The van der Waals surface area contributed by atoms with Crippen molar-refractivity contribution >= 4 is 29.9 Å². The quantitative estimate of drug-likeness (QED) is 0.246. The molecule has 0 radical (unpaired) electrons. The number of hydrogen-bond donors (Lipinski definition) is 2. The third-order valence-electron chi connectivity index (χ3n) is 3.83. The minimum absolute atomic E-state index is 0. The molecule has 1 atom stereocenters. The number of rotatable bonds is 10. The minimum atomic E-state index is 0. The molecule has 0 bridgehead atoms. The molecule has 6 heteroatoms. The first-order chi connectivity index (χ1) is 11.6. The predicted octanol–water partition coefficient (Wildman–Crippen LogP) is 3.06. The fourth-order valence-corrected chi connectivity index (χ4v) is 2.56. The first-order valence-electron chi connectivity index (χ1n) is 8.42. The molecule has 5 nitrogen and oxygen atoms in total. The second-order valence-corrected chi connectivity index (χ2v) is 5.97. The van der Waals surface area contributed by atoms with Crippen LogP contribution in [0, 0.1) is 5.92 Å². The fraction of sp³-hybridized carbons (Fsp3) is 0.474. The Morgan fingerprint density at radius 2 is 1.92 bits per heavy atom. The number of pyridine rings is 1. The Bertz CT molecular complexity index is 506. The van der Waals surface area contributed by atoms with Crippen LogP contribution in [0.15, 0.2) is 54.7 Å². The van der Waals surface area contributed by atoms with Crippen molar-refractivity contribution in [2.45, 2.75) is 26.4 Å².